The summed E-state index contributed by atoms with van der Waals surface area (Å²) in [6.07, 6.45) is 1.33. The molecule has 7 nitrogen and oxygen atoms in total. The fraction of sp³-hybridized carbons (Fsp3) is 0.500. The fourth-order valence-electron chi connectivity index (χ4n) is 1.25. The molecule has 18 heavy (non-hydrogen) atoms. The topological polar surface area (TPSA) is 79.6 Å². The molecule has 0 unspecified atom stereocenters. The number of ether oxygens (including phenoxy) is 3. The molecule has 0 atom stereocenters. The number of imidazole rings is 1. The molecule has 0 bridgehead atoms. The second-order valence-corrected chi connectivity index (χ2v) is 3.91. The minimum absolute atomic E-state index is 0.0129. The van der Waals surface area contributed by atoms with Crippen LogP contribution >= 0.6 is 15.9 Å². The zero-order valence-electron chi connectivity index (χ0n) is 10.0. The Morgan fingerprint density at radius 1 is 1.33 bits per heavy atom. The van der Waals surface area contributed by atoms with Crippen molar-refractivity contribution in [3.63, 3.8) is 0 Å². The molecule has 100 valence electrons. The summed E-state index contributed by atoms with van der Waals surface area (Å²) in [5.41, 5.74) is -0.0780. The van der Waals surface area contributed by atoms with E-state index in [-0.39, 0.29) is 18.1 Å². The molecule has 0 saturated heterocycles. The molecule has 0 aromatic carbocycles. The third-order valence-corrected chi connectivity index (χ3v) is 2.37. The van der Waals surface area contributed by atoms with Crippen LogP contribution in [0.25, 0.3) is 0 Å². The highest BCUT2D eigenvalue weighted by Crippen LogP contribution is 2.11. The van der Waals surface area contributed by atoms with Crippen molar-refractivity contribution in [3.05, 3.63) is 17.7 Å². The summed E-state index contributed by atoms with van der Waals surface area (Å²) in [6, 6.07) is 0. The number of esters is 2. The van der Waals surface area contributed by atoms with Gasteiger partial charge in [-0.3, -0.25) is 0 Å². The molecular weight excluding hydrogens is 308 g/mol. The second-order valence-electron chi connectivity index (χ2n) is 3.12. The van der Waals surface area contributed by atoms with E-state index in [0.717, 1.165) is 0 Å². The first-order valence-corrected chi connectivity index (χ1v) is 6.13. The van der Waals surface area contributed by atoms with E-state index >= 15 is 0 Å². The highest BCUT2D eigenvalue weighted by molar-refractivity contribution is 9.09. The van der Waals surface area contributed by atoms with E-state index in [2.05, 4.69) is 30.4 Å². The predicted octanol–water partition coefficient (Wildman–Crippen LogP) is 0.825. The molecule has 0 fully saturated rings. The van der Waals surface area contributed by atoms with E-state index in [9.17, 15) is 9.59 Å². The lowest BCUT2D eigenvalue weighted by atomic mass is 10.3. The van der Waals surface area contributed by atoms with E-state index in [1.54, 1.807) is 0 Å². The van der Waals surface area contributed by atoms with Crippen LogP contribution in [0.5, 0.6) is 0 Å². The van der Waals surface area contributed by atoms with Crippen LogP contribution in [-0.4, -0.2) is 47.6 Å². The van der Waals surface area contributed by atoms with Gasteiger partial charge in [-0.25, -0.2) is 14.6 Å². The molecule has 0 aliphatic heterocycles. The maximum Gasteiger partial charge on any atom is 0.359 e. The SMILES string of the molecule is COC(=O)c1ncn(COCCBr)c1C(=O)OC. The lowest BCUT2D eigenvalue weighted by Crippen LogP contribution is -2.17. The number of carbonyl (C=O) groups is 2. The molecule has 0 saturated carbocycles. The van der Waals surface area contributed by atoms with Gasteiger partial charge in [0.1, 0.15) is 6.73 Å². The average molecular weight is 321 g/mol. The molecule has 1 heterocycles. The van der Waals surface area contributed by atoms with Crippen LogP contribution in [0.3, 0.4) is 0 Å². The Balaban J connectivity index is 2.99. The number of halogens is 1. The van der Waals surface area contributed by atoms with E-state index in [0.29, 0.717) is 11.9 Å². The van der Waals surface area contributed by atoms with Crippen LogP contribution in [0.4, 0.5) is 0 Å². The first-order valence-electron chi connectivity index (χ1n) is 5.01. The van der Waals surface area contributed by atoms with E-state index in [1.807, 2.05) is 0 Å². The molecule has 1 aromatic rings. The molecule has 1 aromatic heterocycles. The fourth-order valence-corrected chi connectivity index (χ4v) is 1.48. The van der Waals surface area contributed by atoms with Gasteiger partial charge in [0, 0.05) is 5.33 Å². The van der Waals surface area contributed by atoms with Crippen LogP contribution in [0.15, 0.2) is 6.33 Å². The second kappa shape index (κ2) is 7.12. The minimum Gasteiger partial charge on any atom is -0.464 e. The highest BCUT2D eigenvalue weighted by atomic mass is 79.9. The van der Waals surface area contributed by atoms with Crippen molar-refractivity contribution in [2.75, 3.05) is 26.2 Å². The molecular formula is C10H13BrN2O5. The molecule has 0 spiro atoms. The predicted molar refractivity (Wildman–Crippen MR) is 64.7 cm³/mol. The van der Waals surface area contributed by atoms with Gasteiger partial charge in [0.2, 0.25) is 0 Å². The summed E-state index contributed by atoms with van der Waals surface area (Å²) in [7, 11) is 2.43. The van der Waals surface area contributed by atoms with Crippen molar-refractivity contribution in [2.24, 2.45) is 0 Å². The Morgan fingerprint density at radius 2 is 2.00 bits per heavy atom. The van der Waals surface area contributed by atoms with Gasteiger partial charge >= 0.3 is 11.9 Å². The average Bonchev–Trinajstić information content (AvgIpc) is 2.81. The van der Waals surface area contributed by atoms with Crippen molar-refractivity contribution in [2.45, 2.75) is 6.73 Å². The van der Waals surface area contributed by atoms with Crippen molar-refractivity contribution in [3.8, 4) is 0 Å². The number of hydrogen-bond donors (Lipinski definition) is 0. The number of methoxy groups -OCH3 is 2. The lowest BCUT2D eigenvalue weighted by molar-refractivity contribution is 0.0513. The number of rotatable bonds is 6. The number of nitrogens with zero attached hydrogens (tertiary/aromatic N) is 2. The van der Waals surface area contributed by atoms with Crippen LogP contribution in [0.2, 0.25) is 0 Å². The first-order chi connectivity index (χ1) is 8.65. The molecule has 0 aliphatic rings. The highest BCUT2D eigenvalue weighted by Gasteiger charge is 2.25. The van der Waals surface area contributed by atoms with Crippen LogP contribution in [0.1, 0.15) is 21.0 Å². The van der Waals surface area contributed by atoms with Gasteiger partial charge in [-0.1, -0.05) is 15.9 Å². The Morgan fingerprint density at radius 3 is 2.56 bits per heavy atom. The van der Waals surface area contributed by atoms with Gasteiger partial charge in [-0.2, -0.15) is 0 Å². The largest absolute Gasteiger partial charge is 0.464 e. The zero-order chi connectivity index (χ0) is 13.5. The first kappa shape index (κ1) is 14.7. The van der Waals surface area contributed by atoms with Gasteiger partial charge in [0.25, 0.3) is 0 Å². The minimum atomic E-state index is -0.699. The maximum absolute atomic E-state index is 11.6. The number of alkyl halides is 1. The molecule has 1 rings (SSSR count). The standard InChI is InChI=1S/C10H13BrN2O5/c1-16-9(14)7-8(10(15)17-2)13(5-12-7)6-18-4-3-11/h5H,3-4,6H2,1-2H3. The van der Waals surface area contributed by atoms with Gasteiger partial charge in [0.05, 0.1) is 27.2 Å². The van der Waals surface area contributed by atoms with Crippen LogP contribution < -0.4 is 0 Å². The quantitative estimate of drug-likeness (QED) is 0.438. The number of aromatic nitrogens is 2. The summed E-state index contributed by atoms with van der Waals surface area (Å²) in [5, 5.41) is 0.666. The molecule has 0 aliphatic carbocycles. The van der Waals surface area contributed by atoms with Gasteiger partial charge in [-0.15, -0.1) is 0 Å². The molecule has 8 heteroatoms. The number of carbonyl (C=O) groups excluding carboxylic acids is 2. The third kappa shape index (κ3) is 3.30. The molecule has 0 amide bonds. The van der Waals surface area contributed by atoms with Crippen molar-refractivity contribution >= 4 is 27.9 Å². The van der Waals surface area contributed by atoms with E-state index in [1.165, 1.54) is 25.1 Å². The molecule has 0 N–H and O–H groups in total. The molecule has 0 radical (unpaired) electrons. The summed E-state index contributed by atoms with van der Waals surface area (Å²) in [4.78, 5) is 26.9. The van der Waals surface area contributed by atoms with Crippen molar-refractivity contribution in [1.82, 2.24) is 9.55 Å². The van der Waals surface area contributed by atoms with E-state index in [4.69, 9.17) is 4.74 Å². The lowest BCUT2D eigenvalue weighted by Gasteiger charge is -2.07. The maximum atomic E-state index is 11.6. The van der Waals surface area contributed by atoms with Gasteiger partial charge in [-0.05, 0) is 0 Å². The Hall–Kier alpha value is -1.41. The summed E-state index contributed by atoms with van der Waals surface area (Å²) in [5.74, 6) is -1.37. The Kier molecular flexibility index (Phi) is 5.79. The van der Waals surface area contributed by atoms with Gasteiger partial charge < -0.3 is 18.8 Å². The van der Waals surface area contributed by atoms with Crippen molar-refractivity contribution in [1.29, 1.82) is 0 Å². The third-order valence-electron chi connectivity index (χ3n) is 2.05. The Labute approximate surface area is 112 Å². The smallest absolute Gasteiger partial charge is 0.359 e. The Bertz CT molecular complexity index is 432. The van der Waals surface area contributed by atoms with Crippen molar-refractivity contribution < 1.29 is 23.8 Å². The van der Waals surface area contributed by atoms with Crippen LogP contribution in [-0.2, 0) is 20.9 Å². The normalized spacial score (nSPS) is 10.2. The summed E-state index contributed by atoms with van der Waals surface area (Å²) < 4.78 is 15.8. The summed E-state index contributed by atoms with van der Waals surface area (Å²) >= 11 is 3.21. The monoisotopic (exact) mass is 320 g/mol. The zero-order valence-corrected chi connectivity index (χ0v) is 11.6. The summed E-state index contributed by atoms with van der Waals surface area (Å²) in [6.45, 7) is 0.562. The van der Waals surface area contributed by atoms with Crippen LogP contribution in [0, 0.1) is 0 Å². The van der Waals surface area contributed by atoms with Gasteiger partial charge in [0.15, 0.2) is 11.4 Å². The number of hydrogen-bond acceptors (Lipinski definition) is 6. The van der Waals surface area contributed by atoms with E-state index < -0.39 is 11.9 Å².